The van der Waals surface area contributed by atoms with Gasteiger partial charge in [-0.3, -0.25) is 9.59 Å². The van der Waals surface area contributed by atoms with Gasteiger partial charge in [-0.25, -0.2) is 9.59 Å². The molecule has 0 spiro atoms. The molecule has 0 saturated heterocycles. The topological polar surface area (TPSA) is 109 Å². The van der Waals surface area contributed by atoms with Crippen molar-refractivity contribution in [2.24, 2.45) is 0 Å². The Hall–Kier alpha value is -5.10. The van der Waals surface area contributed by atoms with Crippen LogP contribution in [0.2, 0.25) is 0 Å². The van der Waals surface area contributed by atoms with Crippen LogP contribution in [0.25, 0.3) is 10.8 Å². The van der Waals surface area contributed by atoms with Gasteiger partial charge in [-0.05, 0) is 50.7 Å². The molecule has 0 unspecified atom stereocenters. The summed E-state index contributed by atoms with van der Waals surface area (Å²) in [6.45, 7) is 0. The van der Waals surface area contributed by atoms with Gasteiger partial charge >= 0.3 is 11.9 Å². The zero-order valence-corrected chi connectivity index (χ0v) is 21.0. The van der Waals surface area contributed by atoms with E-state index in [4.69, 9.17) is 10.2 Å². The van der Waals surface area contributed by atoms with Crippen molar-refractivity contribution < 1.29 is 29.4 Å². The lowest BCUT2D eigenvalue weighted by Gasteiger charge is -2.21. The van der Waals surface area contributed by atoms with Crippen LogP contribution in [0.4, 0.5) is 0 Å². The highest BCUT2D eigenvalue weighted by molar-refractivity contribution is 5.97. The second-order valence-corrected chi connectivity index (χ2v) is 9.11. The molecule has 6 nitrogen and oxygen atoms in total. The van der Waals surface area contributed by atoms with Gasteiger partial charge < -0.3 is 10.2 Å². The predicted molar refractivity (Wildman–Crippen MR) is 149 cm³/mol. The van der Waals surface area contributed by atoms with E-state index < -0.39 is 11.9 Å². The summed E-state index contributed by atoms with van der Waals surface area (Å²) in [5.41, 5.74) is 4.68. The van der Waals surface area contributed by atoms with E-state index in [1.54, 1.807) is 0 Å². The molecule has 4 aromatic rings. The molecule has 0 bridgehead atoms. The first-order valence-electron chi connectivity index (χ1n) is 12.3. The molecule has 0 amide bonds. The van der Waals surface area contributed by atoms with Crippen LogP contribution in [0.1, 0.15) is 33.7 Å². The number of aliphatic carboxylic acids is 2. The van der Waals surface area contributed by atoms with Gasteiger partial charge in [-0.1, -0.05) is 91.0 Å². The monoisotopic (exact) mass is 518 g/mol. The number of fused-ring (bicyclic) bond motifs is 1. The van der Waals surface area contributed by atoms with Gasteiger partial charge in [-0.2, -0.15) is 0 Å². The Morgan fingerprint density at radius 1 is 0.564 bits per heavy atom. The number of benzene rings is 4. The van der Waals surface area contributed by atoms with E-state index in [1.165, 1.54) is 0 Å². The van der Waals surface area contributed by atoms with Crippen molar-refractivity contribution in [1.29, 1.82) is 0 Å². The van der Waals surface area contributed by atoms with Crippen molar-refractivity contribution in [3.63, 3.8) is 0 Å². The van der Waals surface area contributed by atoms with Gasteiger partial charge in [0, 0.05) is 30.9 Å². The normalized spacial score (nSPS) is 11.4. The standard InChI is InChI=1S/C33H26O6/c34-27(16-18-31(36)37)20-22-8-12-25(13-9-22)33(30-7-3-5-24-4-1-2-6-29(24)30)26-14-10-23(11-15-26)21-28(35)17-19-32(38)39/h1-19,33H,20-21H2,(H,36,37)(H,38,39)/b18-16+,19-17+. The van der Waals surface area contributed by atoms with E-state index in [0.717, 1.165) is 62.9 Å². The summed E-state index contributed by atoms with van der Waals surface area (Å²) >= 11 is 0. The number of carbonyl (C=O) groups excluding carboxylic acids is 2. The first-order valence-corrected chi connectivity index (χ1v) is 12.3. The first-order chi connectivity index (χ1) is 18.8. The van der Waals surface area contributed by atoms with E-state index in [2.05, 4.69) is 24.3 Å². The maximum absolute atomic E-state index is 12.1. The molecule has 0 aliphatic rings. The zero-order chi connectivity index (χ0) is 27.8. The number of ketones is 2. The molecular formula is C33H26O6. The van der Waals surface area contributed by atoms with Crippen LogP contribution in [0, 0.1) is 0 Å². The predicted octanol–water partition coefficient (Wildman–Crippen LogP) is 5.52. The molecule has 6 heteroatoms. The maximum Gasteiger partial charge on any atom is 0.328 e. The molecule has 0 atom stereocenters. The highest BCUT2D eigenvalue weighted by Gasteiger charge is 2.19. The number of carboxylic acid groups (broad SMARTS) is 2. The average Bonchev–Trinajstić information content (AvgIpc) is 2.93. The largest absolute Gasteiger partial charge is 0.478 e. The summed E-state index contributed by atoms with van der Waals surface area (Å²) in [5, 5.41) is 19.7. The van der Waals surface area contributed by atoms with Crippen molar-refractivity contribution in [3.05, 3.63) is 143 Å². The third-order valence-corrected chi connectivity index (χ3v) is 6.34. The molecule has 2 N–H and O–H groups in total. The smallest absolute Gasteiger partial charge is 0.328 e. The second-order valence-electron chi connectivity index (χ2n) is 9.11. The molecule has 0 fully saturated rings. The number of allylic oxidation sites excluding steroid dienone is 2. The number of carbonyl (C=O) groups is 4. The maximum atomic E-state index is 12.1. The van der Waals surface area contributed by atoms with Crippen LogP contribution < -0.4 is 0 Å². The summed E-state index contributed by atoms with van der Waals surface area (Å²) < 4.78 is 0. The van der Waals surface area contributed by atoms with Crippen molar-refractivity contribution in [2.75, 3.05) is 0 Å². The Morgan fingerprint density at radius 2 is 1.03 bits per heavy atom. The highest BCUT2D eigenvalue weighted by Crippen LogP contribution is 2.36. The fourth-order valence-corrected chi connectivity index (χ4v) is 4.56. The van der Waals surface area contributed by atoms with Crippen LogP contribution >= 0.6 is 0 Å². The Kier molecular flexibility index (Phi) is 8.59. The van der Waals surface area contributed by atoms with Crippen molar-refractivity contribution >= 4 is 34.3 Å². The second kappa shape index (κ2) is 12.4. The lowest BCUT2D eigenvalue weighted by Crippen LogP contribution is -2.06. The first kappa shape index (κ1) is 26.9. The summed E-state index contributed by atoms with van der Waals surface area (Å²) in [4.78, 5) is 45.6. The Bertz CT molecular complexity index is 1490. The fraction of sp³-hybridized carbons (Fsp3) is 0.0909. The van der Waals surface area contributed by atoms with Gasteiger partial charge in [-0.15, -0.1) is 0 Å². The van der Waals surface area contributed by atoms with Crippen LogP contribution in [-0.4, -0.2) is 33.7 Å². The molecule has 39 heavy (non-hydrogen) atoms. The number of hydrogen-bond donors (Lipinski definition) is 2. The van der Waals surface area contributed by atoms with Crippen LogP contribution in [0.3, 0.4) is 0 Å². The van der Waals surface area contributed by atoms with Crippen LogP contribution in [0.5, 0.6) is 0 Å². The Labute approximate surface area is 225 Å². The summed E-state index contributed by atoms with van der Waals surface area (Å²) in [6.07, 6.45) is 4.02. The number of carboxylic acids is 2. The minimum absolute atomic E-state index is 0.0993. The average molecular weight is 519 g/mol. The molecule has 0 aromatic heterocycles. The van der Waals surface area contributed by atoms with E-state index in [-0.39, 0.29) is 30.3 Å². The van der Waals surface area contributed by atoms with Gasteiger partial charge in [0.1, 0.15) is 0 Å². The molecule has 194 valence electrons. The molecule has 4 aromatic carbocycles. The zero-order valence-electron chi connectivity index (χ0n) is 21.0. The van der Waals surface area contributed by atoms with Gasteiger partial charge in [0.2, 0.25) is 0 Å². The van der Waals surface area contributed by atoms with E-state index in [1.807, 2.05) is 66.7 Å². The molecule has 0 aliphatic carbocycles. The number of rotatable bonds is 11. The van der Waals surface area contributed by atoms with E-state index in [0.29, 0.717) is 0 Å². The fourth-order valence-electron chi connectivity index (χ4n) is 4.56. The van der Waals surface area contributed by atoms with Crippen molar-refractivity contribution in [2.45, 2.75) is 18.8 Å². The summed E-state index contributed by atoms with van der Waals surface area (Å²) in [6, 6.07) is 29.7. The summed E-state index contributed by atoms with van der Waals surface area (Å²) in [5.74, 6) is -3.05. The third kappa shape index (κ3) is 7.23. The van der Waals surface area contributed by atoms with Gasteiger partial charge in [0.25, 0.3) is 0 Å². The SMILES string of the molecule is O=C(O)/C=C/C(=O)Cc1ccc(C(c2ccc(CC(=O)/C=C/C(=O)O)cc2)c2cccc3ccccc23)cc1. The lowest BCUT2D eigenvalue weighted by molar-refractivity contribution is -0.132. The molecule has 0 saturated carbocycles. The highest BCUT2D eigenvalue weighted by atomic mass is 16.4. The van der Waals surface area contributed by atoms with Crippen molar-refractivity contribution in [1.82, 2.24) is 0 Å². The molecule has 0 aliphatic heterocycles. The minimum atomic E-state index is -1.16. The Balaban J connectivity index is 1.68. The summed E-state index contributed by atoms with van der Waals surface area (Å²) in [7, 11) is 0. The Morgan fingerprint density at radius 3 is 1.51 bits per heavy atom. The number of hydrogen-bond acceptors (Lipinski definition) is 4. The molecule has 0 heterocycles. The molecular weight excluding hydrogens is 492 g/mol. The molecule has 4 rings (SSSR count). The third-order valence-electron chi connectivity index (χ3n) is 6.34. The van der Waals surface area contributed by atoms with Crippen LogP contribution in [-0.2, 0) is 32.0 Å². The van der Waals surface area contributed by atoms with E-state index in [9.17, 15) is 19.2 Å². The van der Waals surface area contributed by atoms with Gasteiger partial charge in [0.15, 0.2) is 11.6 Å². The molecule has 0 radical (unpaired) electrons. The van der Waals surface area contributed by atoms with E-state index >= 15 is 0 Å². The van der Waals surface area contributed by atoms with Gasteiger partial charge in [0.05, 0.1) is 0 Å². The lowest BCUT2D eigenvalue weighted by atomic mass is 9.82. The van der Waals surface area contributed by atoms with Crippen LogP contribution in [0.15, 0.2) is 115 Å². The minimum Gasteiger partial charge on any atom is -0.478 e. The van der Waals surface area contributed by atoms with Crippen molar-refractivity contribution in [3.8, 4) is 0 Å². The quantitative estimate of drug-likeness (QED) is 0.200.